The third-order valence-corrected chi connectivity index (χ3v) is 6.28. The van der Waals surface area contributed by atoms with E-state index in [0.717, 1.165) is 12.8 Å². The Morgan fingerprint density at radius 1 is 1.26 bits per heavy atom. The number of carboxylic acids is 1. The Morgan fingerprint density at radius 2 is 1.91 bits per heavy atom. The number of aromatic nitrogens is 1. The van der Waals surface area contributed by atoms with Gasteiger partial charge >= 0.3 is 5.97 Å². The lowest BCUT2D eigenvalue weighted by Crippen LogP contribution is -2.39. The second-order valence-corrected chi connectivity index (χ2v) is 8.05. The molecule has 2 N–H and O–H groups in total. The number of pyridine rings is 1. The number of rotatable bonds is 5. The average Bonchev–Trinajstić information content (AvgIpc) is 2.98. The van der Waals surface area contributed by atoms with Gasteiger partial charge in [0.25, 0.3) is 10.2 Å². The zero-order valence-electron chi connectivity index (χ0n) is 12.8. The largest absolute Gasteiger partial charge is 0.478 e. The molecule has 1 saturated carbocycles. The Balaban J connectivity index is 1.59. The molecular formula is C15H21N3O4S. The average molecular weight is 339 g/mol. The minimum absolute atomic E-state index is 0.0636. The first-order valence-corrected chi connectivity index (χ1v) is 9.32. The number of nitrogens with one attached hydrogen (secondary N) is 1. The summed E-state index contributed by atoms with van der Waals surface area (Å²) in [5.74, 6) is -0.0640. The van der Waals surface area contributed by atoms with E-state index in [1.165, 1.54) is 31.2 Å². The Kier molecular flexibility index (Phi) is 4.65. The summed E-state index contributed by atoms with van der Waals surface area (Å²) in [4.78, 5) is 14.7. The number of hydrogen-bond donors (Lipinski definition) is 2. The summed E-state index contributed by atoms with van der Waals surface area (Å²) in [6.45, 7) is 1.27. The molecule has 3 rings (SSSR count). The molecule has 8 heteroatoms. The third kappa shape index (κ3) is 3.70. The highest BCUT2D eigenvalue weighted by Crippen LogP contribution is 2.36. The van der Waals surface area contributed by atoms with E-state index in [0.29, 0.717) is 30.6 Å². The number of fused-ring (bicyclic) bond motifs is 1. The lowest BCUT2D eigenvalue weighted by molar-refractivity contribution is 0.0696. The Bertz CT molecular complexity index is 660. The smallest absolute Gasteiger partial charge is 0.337 e. The fraction of sp³-hybridized carbons (Fsp3) is 0.600. The standard InChI is InChI=1S/C15H21N3O4S/c19-15(20)11-5-6-14(16-7-11)8-17-23(21,22)18-9-12-3-1-2-4-13(12)10-18/h5-7,12-13,17H,1-4,8-10H2,(H,19,20)/t12-,13+. The van der Waals surface area contributed by atoms with Crippen molar-refractivity contribution in [2.45, 2.75) is 32.2 Å². The number of carbonyl (C=O) groups is 1. The highest BCUT2D eigenvalue weighted by Gasteiger charge is 2.39. The lowest BCUT2D eigenvalue weighted by atomic mass is 9.82. The van der Waals surface area contributed by atoms with E-state index in [1.807, 2.05) is 0 Å². The number of carboxylic acid groups (broad SMARTS) is 1. The second-order valence-electron chi connectivity index (χ2n) is 6.29. The molecule has 0 unspecified atom stereocenters. The van der Waals surface area contributed by atoms with Gasteiger partial charge in [-0.05, 0) is 36.8 Å². The van der Waals surface area contributed by atoms with Gasteiger partial charge in [0, 0.05) is 19.3 Å². The van der Waals surface area contributed by atoms with Crippen molar-refractivity contribution >= 4 is 16.2 Å². The van der Waals surface area contributed by atoms with E-state index < -0.39 is 16.2 Å². The van der Waals surface area contributed by atoms with Crippen molar-refractivity contribution in [1.82, 2.24) is 14.0 Å². The quantitative estimate of drug-likeness (QED) is 0.841. The van der Waals surface area contributed by atoms with Crippen LogP contribution in [0.3, 0.4) is 0 Å². The first kappa shape index (κ1) is 16.4. The van der Waals surface area contributed by atoms with Gasteiger partial charge < -0.3 is 5.11 Å². The van der Waals surface area contributed by atoms with E-state index in [1.54, 1.807) is 4.31 Å². The molecule has 1 aliphatic heterocycles. The summed E-state index contributed by atoms with van der Waals surface area (Å²) in [5.41, 5.74) is 0.579. The molecule has 0 spiro atoms. The predicted molar refractivity (Wildman–Crippen MR) is 84.0 cm³/mol. The van der Waals surface area contributed by atoms with Gasteiger partial charge in [-0.2, -0.15) is 17.4 Å². The van der Waals surface area contributed by atoms with Crippen molar-refractivity contribution in [2.24, 2.45) is 11.8 Å². The molecule has 1 aliphatic carbocycles. The van der Waals surface area contributed by atoms with E-state index in [9.17, 15) is 13.2 Å². The Hall–Kier alpha value is -1.51. The fourth-order valence-electron chi connectivity index (χ4n) is 3.47. The van der Waals surface area contributed by atoms with Crippen molar-refractivity contribution in [3.63, 3.8) is 0 Å². The molecule has 2 fully saturated rings. The molecule has 0 amide bonds. The summed E-state index contributed by atoms with van der Waals surface area (Å²) >= 11 is 0. The Labute approximate surface area is 135 Å². The van der Waals surface area contributed by atoms with E-state index in [4.69, 9.17) is 5.11 Å². The molecule has 0 radical (unpaired) electrons. The zero-order valence-corrected chi connectivity index (χ0v) is 13.6. The van der Waals surface area contributed by atoms with Gasteiger partial charge in [-0.3, -0.25) is 4.98 Å². The molecule has 2 heterocycles. The summed E-state index contributed by atoms with van der Waals surface area (Å²) in [5, 5.41) is 8.82. The van der Waals surface area contributed by atoms with Crippen LogP contribution in [0.4, 0.5) is 0 Å². The van der Waals surface area contributed by atoms with Crippen LogP contribution in [0, 0.1) is 11.8 Å². The van der Waals surface area contributed by atoms with Crippen LogP contribution in [0.25, 0.3) is 0 Å². The summed E-state index contributed by atoms with van der Waals surface area (Å²) in [7, 11) is -3.52. The van der Waals surface area contributed by atoms with Crippen LogP contribution >= 0.6 is 0 Å². The number of aromatic carboxylic acids is 1. The Morgan fingerprint density at radius 3 is 2.43 bits per heavy atom. The minimum Gasteiger partial charge on any atom is -0.478 e. The van der Waals surface area contributed by atoms with Gasteiger partial charge in [0.15, 0.2) is 0 Å². The van der Waals surface area contributed by atoms with Crippen LogP contribution < -0.4 is 4.72 Å². The van der Waals surface area contributed by atoms with E-state index >= 15 is 0 Å². The van der Waals surface area contributed by atoms with Gasteiger partial charge in [0.05, 0.1) is 17.8 Å². The van der Waals surface area contributed by atoms with Gasteiger partial charge in [-0.25, -0.2) is 4.79 Å². The molecule has 2 atom stereocenters. The maximum Gasteiger partial charge on any atom is 0.337 e. The van der Waals surface area contributed by atoms with Gasteiger partial charge in [-0.1, -0.05) is 12.8 Å². The molecule has 1 aromatic heterocycles. The molecule has 1 saturated heterocycles. The van der Waals surface area contributed by atoms with Crippen LogP contribution in [-0.4, -0.2) is 41.9 Å². The van der Waals surface area contributed by atoms with Crippen molar-refractivity contribution in [2.75, 3.05) is 13.1 Å². The molecule has 23 heavy (non-hydrogen) atoms. The SMILES string of the molecule is O=C(O)c1ccc(CNS(=O)(=O)N2C[C@H]3CCCC[C@H]3C2)nc1. The van der Waals surface area contributed by atoms with Gasteiger partial charge in [0.2, 0.25) is 0 Å². The summed E-state index contributed by atoms with van der Waals surface area (Å²) in [6.07, 6.45) is 5.87. The van der Waals surface area contributed by atoms with Gasteiger partial charge in [0.1, 0.15) is 0 Å². The molecule has 0 aromatic carbocycles. The van der Waals surface area contributed by atoms with Crippen molar-refractivity contribution in [1.29, 1.82) is 0 Å². The topological polar surface area (TPSA) is 99.6 Å². The normalized spacial score (nSPS) is 25.2. The first-order chi connectivity index (χ1) is 11.0. The molecule has 126 valence electrons. The van der Waals surface area contributed by atoms with E-state index in [-0.39, 0.29) is 12.1 Å². The third-order valence-electron chi connectivity index (χ3n) is 4.79. The molecule has 7 nitrogen and oxygen atoms in total. The van der Waals surface area contributed by atoms with Crippen LogP contribution in [0.1, 0.15) is 41.7 Å². The van der Waals surface area contributed by atoms with E-state index in [2.05, 4.69) is 9.71 Å². The van der Waals surface area contributed by atoms with Gasteiger partial charge in [-0.15, -0.1) is 0 Å². The van der Waals surface area contributed by atoms with Crippen LogP contribution in [0.2, 0.25) is 0 Å². The molecular weight excluding hydrogens is 318 g/mol. The van der Waals surface area contributed by atoms with Crippen LogP contribution in [0.5, 0.6) is 0 Å². The maximum absolute atomic E-state index is 12.4. The minimum atomic E-state index is -3.52. The summed E-state index contributed by atoms with van der Waals surface area (Å²) < 4.78 is 28.9. The van der Waals surface area contributed by atoms with Crippen molar-refractivity contribution < 1.29 is 18.3 Å². The predicted octanol–water partition coefficient (Wildman–Crippen LogP) is 1.24. The molecule has 0 bridgehead atoms. The van der Waals surface area contributed by atoms with Crippen LogP contribution in [-0.2, 0) is 16.8 Å². The number of nitrogens with zero attached hydrogens (tertiary/aromatic N) is 2. The highest BCUT2D eigenvalue weighted by atomic mass is 32.2. The molecule has 1 aromatic rings. The van der Waals surface area contributed by atoms with Crippen molar-refractivity contribution in [3.8, 4) is 0 Å². The summed E-state index contributed by atoms with van der Waals surface area (Å²) in [6, 6.07) is 2.94. The highest BCUT2D eigenvalue weighted by molar-refractivity contribution is 7.87. The first-order valence-electron chi connectivity index (χ1n) is 7.88. The van der Waals surface area contributed by atoms with Crippen LogP contribution in [0.15, 0.2) is 18.3 Å². The molecule has 2 aliphatic rings. The monoisotopic (exact) mass is 339 g/mol. The second kappa shape index (κ2) is 6.54. The maximum atomic E-state index is 12.4. The zero-order chi connectivity index (χ0) is 16.4. The number of hydrogen-bond acceptors (Lipinski definition) is 4. The lowest BCUT2D eigenvalue weighted by Gasteiger charge is -2.22. The van der Waals surface area contributed by atoms with Crippen molar-refractivity contribution in [3.05, 3.63) is 29.6 Å². The fourth-order valence-corrected chi connectivity index (χ4v) is 4.76.